The molecule has 0 radical (unpaired) electrons. The van der Waals surface area contributed by atoms with Gasteiger partial charge in [0.25, 0.3) is 11.8 Å². The number of nitrogens with one attached hydrogen (secondary N) is 4. The maximum absolute atomic E-state index is 13.5. The maximum Gasteiger partial charge on any atom is 0.271 e. The van der Waals surface area contributed by atoms with Gasteiger partial charge in [0.15, 0.2) is 0 Å². The van der Waals surface area contributed by atoms with Crippen LogP contribution < -0.4 is 21.3 Å². The van der Waals surface area contributed by atoms with Crippen molar-refractivity contribution in [1.29, 1.82) is 0 Å². The summed E-state index contributed by atoms with van der Waals surface area (Å²) >= 11 is 2.67. The highest BCUT2D eigenvalue weighted by molar-refractivity contribution is 7.12. The summed E-state index contributed by atoms with van der Waals surface area (Å²) in [5.41, 5.74) is 0.461. The van der Waals surface area contributed by atoms with Crippen molar-refractivity contribution in [2.24, 2.45) is 23.7 Å². The number of hydrogen-bond acceptors (Lipinski definition) is 8. The minimum Gasteiger partial charge on any atom is -0.345 e. The monoisotopic (exact) mass is 590 g/mol. The molecule has 12 heteroatoms. The van der Waals surface area contributed by atoms with Gasteiger partial charge in [0.05, 0.1) is 12.1 Å². The number of aromatic nitrogens is 2. The maximum atomic E-state index is 13.5. The first-order chi connectivity index (χ1) is 18.6. The van der Waals surface area contributed by atoms with E-state index in [-0.39, 0.29) is 46.9 Å². The van der Waals surface area contributed by atoms with E-state index >= 15 is 0 Å². The highest BCUT2D eigenvalue weighted by Crippen LogP contribution is 2.31. The molecule has 0 unspecified atom stereocenters. The molecule has 0 aliphatic carbocycles. The van der Waals surface area contributed by atoms with Crippen LogP contribution in [0.15, 0.2) is 0 Å². The van der Waals surface area contributed by atoms with Crippen molar-refractivity contribution < 1.29 is 19.2 Å². The smallest absolute Gasteiger partial charge is 0.271 e. The van der Waals surface area contributed by atoms with Crippen LogP contribution in [0.25, 0.3) is 0 Å². The van der Waals surface area contributed by atoms with Gasteiger partial charge in [-0.25, -0.2) is 9.97 Å². The van der Waals surface area contributed by atoms with Gasteiger partial charge >= 0.3 is 0 Å². The Labute approximate surface area is 244 Å². The second-order valence-electron chi connectivity index (χ2n) is 11.8. The van der Waals surface area contributed by atoms with E-state index < -0.39 is 36.0 Å². The quantitative estimate of drug-likeness (QED) is 0.423. The van der Waals surface area contributed by atoms with Gasteiger partial charge in [-0.2, -0.15) is 0 Å². The van der Waals surface area contributed by atoms with Gasteiger partial charge in [0.1, 0.15) is 33.5 Å². The predicted octanol–water partition coefficient (Wildman–Crippen LogP) is 4.07. The summed E-state index contributed by atoms with van der Waals surface area (Å²) in [7, 11) is 0. The Morgan fingerprint density at radius 2 is 0.825 bits per heavy atom. The van der Waals surface area contributed by atoms with Crippen molar-refractivity contribution in [3.05, 3.63) is 31.2 Å². The first-order valence-electron chi connectivity index (χ1n) is 13.8. The summed E-state index contributed by atoms with van der Waals surface area (Å²) in [6, 6.07) is -2.57. The Bertz CT molecular complexity index is 1170. The molecular formula is C28H42N6O4S2. The zero-order valence-electron chi connectivity index (χ0n) is 25.0. The van der Waals surface area contributed by atoms with Crippen molar-refractivity contribution in [2.75, 3.05) is 0 Å². The van der Waals surface area contributed by atoms with Gasteiger partial charge in [-0.1, -0.05) is 55.4 Å². The minimum atomic E-state index is -0.812. The van der Waals surface area contributed by atoms with Gasteiger partial charge in [-0.05, 0) is 37.5 Å². The summed E-state index contributed by atoms with van der Waals surface area (Å²) in [6.07, 6.45) is 0. The number of thiazole rings is 2. The van der Waals surface area contributed by atoms with Crippen molar-refractivity contribution in [3.8, 4) is 0 Å². The number of carbonyl (C=O) groups is 4. The van der Waals surface area contributed by atoms with Gasteiger partial charge in [-0.15, -0.1) is 22.7 Å². The third-order valence-electron chi connectivity index (χ3n) is 6.99. The summed E-state index contributed by atoms with van der Waals surface area (Å²) < 4.78 is 0. The lowest BCUT2D eigenvalue weighted by molar-refractivity contribution is -0.125. The van der Waals surface area contributed by atoms with E-state index in [2.05, 4.69) is 31.2 Å². The van der Waals surface area contributed by atoms with Crippen molar-refractivity contribution in [1.82, 2.24) is 31.2 Å². The summed E-state index contributed by atoms with van der Waals surface area (Å²) in [6.45, 7) is 18.9. The number of rotatable bonds is 4. The third kappa shape index (κ3) is 6.88. The molecule has 4 atom stereocenters. The van der Waals surface area contributed by atoms with E-state index in [0.29, 0.717) is 19.8 Å². The summed E-state index contributed by atoms with van der Waals surface area (Å²) in [5, 5.41) is 13.1. The fourth-order valence-electron chi connectivity index (χ4n) is 4.52. The largest absolute Gasteiger partial charge is 0.345 e. The normalized spacial score (nSPS) is 23.1. The van der Waals surface area contributed by atoms with E-state index in [9.17, 15) is 19.2 Å². The summed E-state index contributed by atoms with van der Waals surface area (Å²) in [4.78, 5) is 64.5. The molecule has 4 amide bonds. The average molecular weight is 591 g/mol. The average Bonchev–Trinajstić information content (AvgIpc) is 3.43. The molecule has 0 aromatic carbocycles. The molecule has 40 heavy (non-hydrogen) atoms. The van der Waals surface area contributed by atoms with Crippen LogP contribution in [0.1, 0.15) is 108 Å². The van der Waals surface area contributed by atoms with Crippen LogP contribution in [0.4, 0.5) is 0 Å². The highest BCUT2D eigenvalue weighted by atomic mass is 32.1. The molecule has 0 fully saturated rings. The number of aryl methyl sites for hydroxylation is 2. The van der Waals surface area contributed by atoms with Crippen LogP contribution in [0, 0.1) is 37.5 Å². The first-order valence-corrected chi connectivity index (χ1v) is 15.4. The van der Waals surface area contributed by atoms with E-state index in [4.69, 9.17) is 0 Å². The Hall–Kier alpha value is -2.86. The molecule has 4 N–H and O–H groups in total. The van der Waals surface area contributed by atoms with E-state index in [1.54, 1.807) is 13.8 Å². The molecule has 0 spiro atoms. The number of amides is 4. The molecule has 1 aliphatic heterocycles. The fraction of sp³-hybridized carbons (Fsp3) is 0.643. The Morgan fingerprint density at radius 1 is 0.525 bits per heavy atom. The molecule has 4 bridgehead atoms. The van der Waals surface area contributed by atoms with Gasteiger partial charge in [0.2, 0.25) is 11.8 Å². The van der Waals surface area contributed by atoms with Crippen molar-refractivity contribution >= 4 is 46.3 Å². The van der Waals surface area contributed by atoms with E-state index in [1.165, 1.54) is 22.7 Å². The lowest BCUT2D eigenvalue weighted by Crippen LogP contribution is -2.51. The number of nitrogens with zero attached hydrogens (tertiary/aromatic N) is 2. The lowest BCUT2D eigenvalue weighted by Gasteiger charge is -2.27. The van der Waals surface area contributed by atoms with Crippen LogP contribution in [-0.2, 0) is 9.59 Å². The van der Waals surface area contributed by atoms with Crippen LogP contribution in [0.2, 0.25) is 0 Å². The van der Waals surface area contributed by atoms with Crippen LogP contribution in [0.3, 0.4) is 0 Å². The van der Waals surface area contributed by atoms with Crippen LogP contribution in [0.5, 0.6) is 0 Å². The van der Waals surface area contributed by atoms with Gasteiger partial charge < -0.3 is 21.3 Å². The minimum absolute atomic E-state index is 0.0370. The molecule has 2 aromatic heterocycles. The molecule has 220 valence electrons. The zero-order valence-corrected chi connectivity index (χ0v) is 26.6. The number of hydrogen-bond donors (Lipinski definition) is 4. The molecule has 10 nitrogen and oxygen atoms in total. The Kier molecular flexibility index (Phi) is 10.1. The Morgan fingerprint density at radius 3 is 1.10 bits per heavy atom. The molecular weight excluding hydrogens is 548 g/mol. The van der Waals surface area contributed by atoms with Crippen molar-refractivity contribution in [2.45, 2.75) is 93.4 Å². The predicted molar refractivity (Wildman–Crippen MR) is 157 cm³/mol. The summed E-state index contributed by atoms with van der Waals surface area (Å²) in [5.74, 6) is -2.01. The zero-order chi connectivity index (χ0) is 30.0. The van der Waals surface area contributed by atoms with Gasteiger partial charge in [-0.3, -0.25) is 19.2 Å². The van der Waals surface area contributed by atoms with Crippen LogP contribution >= 0.6 is 22.7 Å². The highest BCUT2D eigenvalue weighted by Gasteiger charge is 2.34. The second kappa shape index (κ2) is 12.8. The van der Waals surface area contributed by atoms with Crippen LogP contribution in [-0.4, -0.2) is 45.7 Å². The van der Waals surface area contributed by atoms with Crippen molar-refractivity contribution in [3.63, 3.8) is 0 Å². The molecule has 3 rings (SSSR count). The second-order valence-corrected chi connectivity index (χ2v) is 14.2. The SMILES string of the molecule is Cc1sc2nc1C(=O)N[C@@H](C(C)C)C(=O)N[C@@H](C(C)C)c1nc(c(C)s1)C(=O)N[C@@H](C(C)C)C(=O)N[C@H]2C(C)C. The lowest BCUT2D eigenvalue weighted by atomic mass is 10.00. The molecule has 1 aliphatic rings. The standard InChI is InChI=1S/C28H42N6O4S2/c1-11(2)17-23(35)31-19(13(5)6)27-34-22(16(10)40-27)26(38)30-18(12(3)4)24(36)32-20(14(7)8)28-33-21(15(9)39-28)25(37)29-17/h11-14,17-20H,1-10H3,(H,29,37)(H,30,38)(H,31,35)(H,32,36)/t17-,18-,19-,20-/m0/s1. The molecule has 3 heterocycles. The van der Waals surface area contributed by atoms with E-state index in [0.717, 1.165) is 0 Å². The Balaban J connectivity index is 2.14. The third-order valence-corrected chi connectivity index (χ3v) is 9.10. The number of carbonyl (C=O) groups excluding carboxylic acids is 4. The molecule has 0 saturated carbocycles. The number of fused-ring (bicyclic) bond motifs is 4. The fourth-order valence-corrected chi connectivity index (χ4v) is 6.81. The molecule has 0 saturated heterocycles. The molecule has 2 aromatic rings. The topological polar surface area (TPSA) is 142 Å². The van der Waals surface area contributed by atoms with E-state index in [1.807, 2.05) is 55.4 Å². The first kappa shape index (κ1) is 31.7. The van der Waals surface area contributed by atoms with Gasteiger partial charge in [0, 0.05) is 9.75 Å².